The summed E-state index contributed by atoms with van der Waals surface area (Å²) in [5.74, 6) is 7.87. The van der Waals surface area contributed by atoms with E-state index in [0.717, 1.165) is 68.4 Å². The van der Waals surface area contributed by atoms with Gasteiger partial charge in [-0.15, -0.1) is 0 Å². The van der Waals surface area contributed by atoms with Gasteiger partial charge in [-0.1, -0.05) is 18.8 Å². The van der Waals surface area contributed by atoms with Gasteiger partial charge in [0.15, 0.2) is 0 Å². The third-order valence-corrected chi connectivity index (χ3v) is 4.64. The lowest BCUT2D eigenvalue weighted by atomic mass is 10.1. The maximum Gasteiger partial charge on any atom is 0.148 e. The largest absolute Gasteiger partial charge is 0.384 e. The Morgan fingerprint density at radius 2 is 1.93 bits per heavy atom. The van der Waals surface area contributed by atoms with Crippen LogP contribution in [-0.4, -0.2) is 66.3 Å². The molecule has 1 fully saturated rings. The zero-order valence-electron chi connectivity index (χ0n) is 16.0. The Bertz CT molecular complexity index is 803. The van der Waals surface area contributed by atoms with Crippen LogP contribution in [0.4, 0.5) is 11.6 Å². The molecule has 142 valence electrons. The van der Waals surface area contributed by atoms with Crippen LogP contribution in [0.25, 0.3) is 0 Å². The first-order chi connectivity index (χ1) is 13.2. The number of methoxy groups -OCH3 is 1. The molecule has 0 saturated carbocycles. The van der Waals surface area contributed by atoms with Crippen LogP contribution in [0.1, 0.15) is 23.7 Å². The van der Waals surface area contributed by atoms with Crippen molar-refractivity contribution in [2.24, 2.45) is 0 Å². The summed E-state index contributed by atoms with van der Waals surface area (Å²) in [4.78, 5) is 17.8. The zero-order valence-corrected chi connectivity index (χ0v) is 16.0. The van der Waals surface area contributed by atoms with Crippen LogP contribution in [-0.2, 0) is 11.2 Å². The number of rotatable bonds is 5. The van der Waals surface area contributed by atoms with E-state index < -0.39 is 0 Å². The molecule has 2 aromatic rings. The number of hydrogen-bond donors (Lipinski definition) is 1. The van der Waals surface area contributed by atoms with Crippen LogP contribution in [0.5, 0.6) is 0 Å². The highest BCUT2D eigenvalue weighted by Crippen LogP contribution is 2.21. The van der Waals surface area contributed by atoms with E-state index in [4.69, 9.17) is 10.5 Å². The lowest BCUT2D eigenvalue weighted by Gasteiger charge is -2.35. The van der Waals surface area contributed by atoms with Gasteiger partial charge in [0.05, 0.1) is 17.9 Å². The van der Waals surface area contributed by atoms with Crippen LogP contribution in [0, 0.1) is 11.8 Å². The van der Waals surface area contributed by atoms with E-state index in [2.05, 4.69) is 43.5 Å². The molecule has 0 aliphatic carbocycles. The molecule has 3 rings (SSSR count). The summed E-state index contributed by atoms with van der Waals surface area (Å²) < 4.78 is 5.18. The summed E-state index contributed by atoms with van der Waals surface area (Å²) in [7, 11) is 1.74. The highest BCUT2D eigenvalue weighted by Gasteiger charge is 2.21. The Hall–Kier alpha value is -2.69. The number of nitrogen functional groups attached to an aromatic ring is 1. The summed E-state index contributed by atoms with van der Waals surface area (Å²) in [5, 5.41) is 0. The van der Waals surface area contributed by atoms with Gasteiger partial charge in [-0.2, -0.15) is 0 Å². The molecule has 0 spiro atoms. The molecule has 2 N–H and O–H groups in total. The number of piperazine rings is 1. The predicted molar refractivity (Wildman–Crippen MR) is 107 cm³/mol. The second-order valence-electron chi connectivity index (χ2n) is 6.42. The number of aryl methyl sites for hydroxylation is 1. The van der Waals surface area contributed by atoms with Crippen molar-refractivity contribution in [2.75, 3.05) is 57.1 Å². The molecule has 0 amide bonds. The molecule has 3 heterocycles. The van der Waals surface area contributed by atoms with Gasteiger partial charge in [0, 0.05) is 51.6 Å². The van der Waals surface area contributed by atoms with E-state index >= 15 is 0 Å². The van der Waals surface area contributed by atoms with Crippen LogP contribution in [0.2, 0.25) is 0 Å². The first-order valence-electron chi connectivity index (χ1n) is 9.25. The van der Waals surface area contributed by atoms with Gasteiger partial charge in [-0.05, 0) is 18.6 Å². The van der Waals surface area contributed by atoms with Crippen molar-refractivity contribution in [3.05, 3.63) is 41.5 Å². The minimum absolute atomic E-state index is 0.491. The number of nitrogens with two attached hydrogens (primary N) is 1. The fourth-order valence-corrected chi connectivity index (χ4v) is 3.06. The summed E-state index contributed by atoms with van der Waals surface area (Å²) in [6.45, 7) is 7.63. The number of aromatic nitrogens is 3. The monoisotopic (exact) mass is 366 g/mol. The van der Waals surface area contributed by atoms with Crippen molar-refractivity contribution in [3.63, 3.8) is 0 Å². The van der Waals surface area contributed by atoms with E-state index in [0.29, 0.717) is 5.82 Å². The molecule has 7 nitrogen and oxygen atoms in total. The molecule has 0 aromatic carbocycles. The number of ether oxygens (including phenoxy) is 1. The smallest absolute Gasteiger partial charge is 0.148 e. The normalized spacial score (nSPS) is 14.7. The van der Waals surface area contributed by atoms with E-state index in [9.17, 15) is 0 Å². The fourth-order valence-electron chi connectivity index (χ4n) is 3.06. The number of nitrogens with zero attached hydrogens (tertiary/aromatic N) is 5. The highest BCUT2D eigenvalue weighted by atomic mass is 16.5. The van der Waals surface area contributed by atoms with Crippen LogP contribution in [0.3, 0.4) is 0 Å². The third kappa shape index (κ3) is 4.94. The standard InChI is InChI=1S/C20H26N6O/c1-3-18-17(6-4-16-5-7-19(21)22-14-16)20(24-15-23-18)26-10-8-25(9-11-26)12-13-27-2/h5,7,14-15H,3,8-13H2,1-2H3,(H2,21,22). The summed E-state index contributed by atoms with van der Waals surface area (Å²) >= 11 is 0. The number of hydrogen-bond acceptors (Lipinski definition) is 7. The Morgan fingerprint density at radius 1 is 1.11 bits per heavy atom. The maximum absolute atomic E-state index is 5.65. The average molecular weight is 366 g/mol. The van der Waals surface area contributed by atoms with Crippen molar-refractivity contribution in [2.45, 2.75) is 13.3 Å². The number of anilines is 2. The Morgan fingerprint density at radius 3 is 2.59 bits per heavy atom. The van der Waals surface area contributed by atoms with Gasteiger partial charge >= 0.3 is 0 Å². The Kier molecular flexibility index (Phi) is 6.58. The first-order valence-corrected chi connectivity index (χ1v) is 9.25. The Labute approximate surface area is 160 Å². The van der Waals surface area contributed by atoms with Crippen molar-refractivity contribution >= 4 is 11.6 Å². The summed E-state index contributed by atoms with van der Waals surface area (Å²) in [5.41, 5.74) is 8.34. The molecule has 1 aliphatic heterocycles. The highest BCUT2D eigenvalue weighted by molar-refractivity contribution is 5.59. The molecular formula is C20H26N6O. The van der Waals surface area contributed by atoms with Crippen molar-refractivity contribution in [3.8, 4) is 11.8 Å². The summed E-state index contributed by atoms with van der Waals surface area (Å²) in [6, 6.07) is 3.63. The van der Waals surface area contributed by atoms with Gasteiger partial charge < -0.3 is 15.4 Å². The molecule has 0 bridgehead atoms. The molecule has 1 saturated heterocycles. The SMILES string of the molecule is CCc1ncnc(N2CCN(CCOC)CC2)c1C#Cc1ccc(N)nc1. The first kappa shape index (κ1) is 19.1. The van der Waals surface area contributed by atoms with Gasteiger partial charge in [0.25, 0.3) is 0 Å². The van der Waals surface area contributed by atoms with Crippen molar-refractivity contribution in [1.82, 2.24) is 19.9 Å². The predicted octanol–water partition coefficient (Wildman–Crippen LogP) is 1.18. The fraction of sp³-hybridized carbons (Fsp3) is 0.450. The maximum atomic E-state index is 5.65. The van der Waals surface area contributed by atoms with E-state index in [-0.39, 0.29) is 0 Å². The second kappa shape index (κ2) is 9.31. The number of pyridine rings is 1. The molecule has 1 aliphatic rings. The molecule has 0 radical (unpaired) electrons. The lowest BCUT2D eigenvalue weighted by Crippen LogP contribution is -2.47. The Balaban J connectivity index is 1.81. The molecule has 7 heteroatoms. The van der Waals surface area contributed by atoms with Gasteiger partial charge in [0.1, 0.15) is 18.0 Å². The molecule has 0 unspecified atom stereocenters. The zero-order chi connectivity index (χ0) is 19.1. The van der Waals surface area contributed by atoms with Crippen molar-refractivity contribution in [1.29, 1.82) is 0 Å². The van der Waals surface area contributed by atoms with E-state index in [1.165, 1.54) is 0 Å². The molecule has 27 heavy (non-hydrogen) atoms. The minimum Gasteiger partial charge on any atom is -0.384 e. The summed E-state index contributed by atoms with van der Waals surface area (Å²) in [6.07, 6.45) is 4.14. The topological polar surface area (TPSA) is 80.4 Å². The van der Waals surface area contributed by atoms with E-state index in [1.807, 2.05) is 6.07 Å². The minimum atomic E-state index is 0.491. The van der Waals surface area contributed by atoms with Gasteiger partial charge in [0.2, 0.25) is 0 Å². The van der Waals surface area contributed by atoms with Gasteiger partial charge in [-0.25, -0.2) is 15.0 Å². The molecular weight excluding hydrogens is 340 g/mol. The van der Waals surface area contributed by atoms with Crippen LogP contribution < -0.4 is 10.6 Å². The average Bonchev–Trinajstić information content (AvgIpc) is 2.72. The van der Waals surface area contributed by atoms with Gasteiger partial charge in [-0.3, -0.25) is 4.90 Å². The van der Waals surface area contributed by atoms with E-state index in [1.54, 1.807) is 25.7 Å². The van der Waals surface area contributed by atoms with Crippen molar-refractivity contribution < 1.29 is 4.74 Å². The van der Waals surface area contributed by atoms with Crippen LogP contribution >= 0.6 is 0 Å². The molecule has 0 atom stereocenters. The molecule has 2 aromatic heterocycles. The quantitative estimate of drug-likeness (QED) is 0.796. The second-order valence-corrected chi connectivity index (χ2v) is 6.42. The third-order valence-electron chi connectivity index (χ3n) is 4.64. The van der Waals surface area contributed by atoms with Crippen LogP contribution in [0.15, 0.2) is 24.7 Å². The lowest BCUT2D eigenvalue weighted by molar-refractivity contribution is 0.144.